The zero-order chi connectivity index (χ0) is 12.6. The molecule has 18 heavy (non-hydrogen) atoms. The van der Waals surface area contributed by atoms with Gasteiger partial charge in [0.1, 0.15) is 0 Å². The van der Waals surface area contributed by atoms with Gasteiger partial charge in [-0.2, -0.15) is 0 Å². The highest BCUT2D eigenvalue weighted by molar-refractivity contribution is 5.32. The van der Waals surface area contributed by atoms with Crippen LogP contribution in [0.3, 0.4) is 0 Å². The molecule has 0 amide bonds. The smallest absolute Gasteiger partial charge is 0.225 e. The molecule has 1 aromatic heterocycles. The molecule has 2 fully saturated rings. The molecule has 1 saturated heterocycles. The summed E-state index contributed by atoms with van der Waals surface area (Å²) in [4.78, 5) is 11.1. The van der Waals surface area contributed by atoms with Crippen LogP contribution in [0.25, 0.3) is 0 Å². The summed E-state index contributed by atoms with van der Waals surface area (Å²) in [5, 5.41) is 10.6. The van der Waals surface area contributed by atoms with E-state index in [1.807, 2.05) is 19.2 Å². The van der Waals surface area contributed by atoms with E-state index in [4.69, 9.17) is 0 Å². The van der Waals surface area contributed by atoms with Gasteiger partial charge in [0.15, 0.2) is 0 Å². The Bertz CT molecular complexity index is 437. The molecule has 1 aliphatic carbocycles. The molecule has 98 valence electrons. The first-order valence-corrected chi connectivity index (χ1v) is 6.94. The number of aliphatic hydroxyl groups is 1. The second-order valence-electron chi connectivity index (χ2n) is 5.74. The highest BCUT2D eigenvalue weighted by atomic mass is 16.3. The summed E-state index contributed by atoms with van der Waals surface area (Å²) in [6.07, 6.45) is 7.21. The number of aromatic nitrogens is 2. The Kier molecular flexibility index (Phi) is 2.98. The van der Waals surface area contributed by atoms with Crippen molar-refractivity contribution in [3.8, 4) is 0 Å². The minimum absolute atomic E-state index is 0.393. The largest absolute Gasteiger partial charge is 0.389 e. The van der Waals surface area contributed by atoms with E-state index in [1.54, 1.807) is 0 Å². The molecule has 0 radical (unpaired) electrons. The number of fused-ring (bicyclic) bond motifs is 1. The highest BCUT2D eigenvalue weighted by Crippen LogP contribution is 2.40. The number of nitrogens with zero attached hydrogens (tertiary/aromatic N) is 3. The Morgan fingerprint density at radius 3 is 3.11 bits per heavy atom. The summed E-state index contributed by atoms with van der Waals surface area (Å²) in [5.74, 6) is 1.21. The molecular weight excluding hydrogens is 226 g/mol. The van der Waals surface area contributed by atoms with Crippen LogP contribution in [0.5, 0.6) is 0 Å². The lowest BCUT2D eigenvalue weighted by Crippen LogP contribution is -2.53. The van der Waals surface area contributed by atoms with Crippen molar-refractivity contribution in [2.24, 2.45) is 5.92 Å². The van der Waals surface area contributed by atoms with Crippen molar-refractivity contribution in [2.45, 2.75) is 44.6 Å². The lowest BCUT2D eigenvalue weighted by Gasteiger charge is -2.47. The second kappa shape index (κ2) is 4.50. The molecule has 0 bridgehead atoms. The van der Waals surface area contributed by atoms with E-state index in [2.05, 4.69) is 14.9 Å². The molecular formula is C14H21N3O. The van der Waals surface area contributed by atoms with Crippen molar-refractivity contribution in [3.05, 3.63) is 18.0 Å². The predicted octanol–water partition coefficient (Wildman–Crippen LogP) is 1.92. The Balaban J connectivity index is 1.77. The predicted molar refractivity (Wildman–Crippen MR) is 70.5 cm³/mol. The lowest BCUT2D eigenvalue weighted by molar-refractivity contribution is -0.0614. The van der Waals surface area contributed by atoms with E-state index in [-0.39, 0.29) is 0 Å². The summed E-state index contributed by atoms with van der Waals surface area (Å²) in [6, 6.07) is 1.92. The molecule has 4 heteroatoms. The molecule has 3 rings (SSSR count). The van der Waals surface area contributed by atoms with Crippen molar-refractivity contribution >= 4 is 5.95 Å². The SMILES string of the molecule is Cc1ccnc(N2CCC3(O)CCCCC3C2)n1. The number of hydrogen-bond acceptors (Lipinski definition) is 4. The summed E-state index contributed by atoms with van der Waals surface area (Å²) < 4.78 is 0. The Morgan fingerprint density at radius 1 is 1.39 bits per heavy atom. The normalized spacial score (nSPS) is 32.1. The van der Waals surface area contributed by atoms with Gasteiger partial charge in [0.25, 0.3) is 0 Å². The van der Waals surface area contributed by atoms with Gasteiger partial charge in [-0.25, -0.2) is 9.97 Å². The van der Waals surface area contributed by atoms with E-state index >= 15 is 0 Å². The van der Waals surface area contributed by atoms with Crippen molar-refractivity contribution in [3.63, 3.8) is 0 Å². The first-order chi connectivity index (χ1) is 8.67. The summed E-state index contributed by atoms with van der Waals surface area (Å²) >= 11 is 0. The van der Waals surface area contributed by atoms with Crippen LogP contribution in [0.1, 0.15) is 37.8 Å². The number of piperidine rings is 1. The van der Waals surface area contributed by atoms with Crippen LogP contribution in [0, 0.1) is 12.8 Å². The molecule has 0 aromatic carbocycles. The average molecular weight is 247 g/mol. The van der Waals surface area contributed by atoms with E-state index in [9.17, 15) is 5.11 Å². The third-order valence-electron chi connectivity index (χ3n) is 4.49. The van der Waals surface area contributed by atoms with Gasteiger partial charge in [0.2, 0.25) is 5.95 Å². The molecule has 2 aliphatic rings. The van der Waals surface area contributed by atoms with E-state index in [1.165, 1.54) is 12.8 Å². The summed E-state index contributed by atoms with van der Waals surface area (Å²) in [6.45, 7) is 3.77. The molecule has 1 aliphatic heterocycles. The average Bonchev–Trinajstić information content (AvgIpc) is 2.37. The quantitative estimate of drug-likeness (QED) is 0.823. The van der Waals surface area contributed by atoms with Crippen molar-refractivity contribution < 1.29 is 5.11 Å². The number of hydrogen-bond donors (Lipinski definition) is 1. The fourth-order valence-corrected chi connectivity index (χ4v) is 3.34. The monoisotopic (exact) mass is 247 g/mol. The topological polar surface area (TPSA) is 49.2 Å². The van der Waals surface area contributed by atoms with Crippen molar-refractivity contribution in [2.75, 3.05) is 18.0 Å². The summed E-state index contributed by atoms with van der Waals surface area (Å²) in [7, 11) is 0. The van der Waals surface area contributed by atoms with E-state index < -0.39 is 5.60 Å². The van der Waals surface area contributed by atoms with Gasteiger partial charge in [0.05, 0.1) is 5.60 Å². The van der Waals surface area contributed by atoms with Crippen molar-refractivity contribution in [1.82, 2.24) is 9.97 Å². The number of anilines is 1. The number of aryl methyl sites for hydroxylation is 1. The summed E-state index contributed by atoms with van der Waals surface area (Å²) in [5.41, 5.74) is 0.586. The van der Waals surface area contributed by atoms with Gasteiger partial charge in [0, 0.05) is 30.9 Å². The van der Waals surface area contributed by atoms with Gasteiger partial charge in [-0.1, -0.05) is 12.8 Å². The molecule has 2 heterocycles. The minimum Gasteiger partial charge on any atom is -0.389 e. The molecule has 1 aromatic rings. The fraction of sp³-hybridized carbons (Fsp3) is 0.714. The fourth-order valence-electron chi connectivity index (χ4n) is 3.34. The van der Waals surface area contributed by atoms with Crippen LogP contribution in [0.4, 0.5) is 5.95 Å². The Hall–Kier alpha value is -1.16. The molecule has 2 atom stereocenters. The lowest BCUT2D eigenvalue weighted by atomic mass is 9.71. The van der Waals surface area contributed by atoms with Gasteiger partial charge in [-0.15, -0.1) is 0 Å². The minimum atomic E-state index is -0.418. The van der Waals surface area contributed by atoms with E-state index in [0.717, 1.165) is 44.0 Å². The third-order valence-corrected chi connectivity index (χ3v) is 4.49. The molecule has 0 spiro atoms. The van der Waals surface area contributed by atoms with Crippen molar-refractivity contribution in [1.29, 1.82) is 0 Å². The third kappa shape index (κ3) is 2.09. The molecule has 1 saturated carbocycles. The van der Waals surface area contributed by atoms with Crippen LogP contribution in [-0.2, 0) is 0 Å². The van der Waals surface area contributed by atoms with Gasteiger partial charge in [-0.3, -0.25) is 0 Å². The zero-order valence-corrected chi connectivity index (χ0v) is 11.0. The van der Waals surface area contributed by atoms with Crippen LogP contribution in [0.2, 0.25) is 0 Å². The zero-order valence-electron chi connectivity index (χ0n) is 11.0. The molecule has 1 N–H and O–H groups in total. The first kappa shape index (κ1) is 11.9. The van der Waals surface area contributed by atoms with Crippen LogP contribution >= 0.6 is 0 Å². The van der Waals surface area contributed by atoms with Crippen LogP contribution in [-0.4, -0.2) is 33.8 Å². The van der Waals surface area contributed by atoms with Gasteiger partial charge < -0.3 is 10.0 Å². The Labute approximate surface area is 108 Å². The maximum Gasteiger partial charge on any atom is 0.225 e. The standard InChI is InChI=1S/C14H21N3O/c1-11-5-8-15-13(16-11)17-9-7-14(18)6-3-2-4-12(14)10-17/h5,8,12,18H,2-4,6-7,9-10H2,1H3. The number of rotatable bonds is 1. The molecule has 4 nitrogen and oxygen atoms in total. The van der Waals surface area contributed by atoms with Gasteiger partial charge >= 0.3 is 0 Å². The second-order valence-corrected chi connectivity index (χ2v) is 5.74. The van der Waals surface area contributed by atoms with Gasteiger partial charge in [-0.05, 0) is 32.3 Å². The Morgan fingerprint density at radius 2 is 2.28 bits per heavy atom. The maximum absolute atomic E-state index is 10.6. The first-order valence-electron chi connectivity index (χ1n) is 6.94. The maximum atomic E-state index is 10.6. The van der Waals surface area contributed by atoms with Crippen LogP contribution < -0.4 is 4.90 Å². The van der Waals surface area contributed by atoms with Crippen LogP contribution in [0.15, 0.2) is 12.3 Å². The van der Waals surface area contributed by atoms with E-state index in [0.29, 0.717) is 5.92 Å². The highest BCUT2D eigenvalue weighted by Gasteiger charge is 2.43. The molecule has 2 unspecified atom stereocenters.